The van der Waals surface area contributed by atoms with Gasteiger partial charge in [-0.1, -0.05) is 0 Å². The zero-order valence-electron chi connectivity index (χ0n) is 10.0. The van der Waals surface area contributed by atoms with E-state index in [1.165, 1.54) is 24.4 Å². The van der Waals surface area contributed by atoms with E-state index < -0.39 is 10.9 Å². The van der Waals surface area contributed by atoms with E-state index in [1.807, 2.05) is 0 Å². The molecule has 96 valence electrons. The van der Waals surface area contributed by atoms with Gasteiger partial charge in [0.15, 0.2) is 0 Å². The second-order valence-corrected chi connectivity index (χ2v) is 6.02. The number of non-ortho nitro benzene ring substituents is 1. The SMILES string of the molecule is O=[N+]([O-])c1ccc2c(c1)c(-c1ccc(F)nc1)n[n]2[Tl]. The molecule has 0 saturated heterocycles. The molecule has 1 aromatic carbocycles. The molecule has 0 radical (unpaired) electrons. The van der Waals surface area contributed by atoms with Crippen LogP contribution in [0.3, 0.4) is 0 Å². The van der Waals surface area contributed by atoms with E-state index in [0.717, 1.165) is 5.52 Å². The van der Waals surface area contributed by atoms with Gasteiger partial charge in [0.25, 0.3) is 0 Å². The van der Waals surface area contributed by atoms with E-state index in [4.69, 9.17) is 0 Å². The van der Waals surface area contributed by atoms with Gasteiger partial charge in [0.1, 0.15) is 0 Å². The Morgan fingerprint density at radius 3 is 2.75 bits per heavy atom. The number of nitrogens with zero attached hydrogens (tertiary/aromatic N) is 4. The molecule has 3 rings (SSSR count). The van der Waals surface area contributed by atoms with Crippen molar-refractivity contribution >= 4 is 42.7 Å². The standard InChI is InChI=1S/C12H6FN4O2.Tl/c13-11-4-1-7(6-14-11)12-9-5-8(17(18)19)2-3-10(9)15-16-12;/h1-6H;/q-1;+1. The molecule has 20 heavy (non-hydrogen) atoms. The molecule has 0 unspecified atom stereocenters. The molecule has 0 bridgehead atoms. The summed E-state index contributed by atoms with van der Waals surface area (Å²) in [7, 11) is 0. The summed E-state index contributed by atoms with van der Waals surface area (Å²) in [5.74, 6) is -0.573. The van der Waals surface area contributed by atoms with Gasteiger partial charge in [0.2, 0.25) is 0 Å². The molecule has 2 aromatic heterocycles. The van der Waals surface area contributed by atoms with Crippen LogP contribution < -0.4 is 0 Å². The number of benzene rings is 1. The number of aromatic nitrogens is 3. The predicted molar refractivity (Wildman–Crippen MR) is 70.7 cm³/mol. The van der Waals surface area contributed by atoms with Crippen molar-refractivity contribution in [2.75, 3.05) is 0 Å². The third kappa shape index (κ3) is 2.17. The molecule has 0 N–H and O–H groups in total. The van der Waals surface area contributed by atoms with Gasteiger partial charge >= 0.3 is 128 Å². The summed E-state index contributed by atoms with van der Waals surface area (Å²) in [6.45, 7) is 0. The maximum atomic E-state index is 12.9. The van der Waals surface area contributed by atoms with Crippen LogP contribution in [-0.2, 0) is 0 Å². The zero-order chi connectivity index (χ0) is 14.3. The van der Waals surface area contributed by atoms with E-state index >= 15 is 0 Å². The van der Waals surface area contributed by atoms with Crippen LogP contribution in [0.1, 0.15) is 0 Å². The van der Waals surface area contributed by atoms with Gasteiger partial charge in [-0.2, -0.15) is 0 Å². The van der Waals surface area contributed by atoms with Gasteiger partial charge in [-0.25, -0.2) is 0 Å². The topological polar surface area (TPSA) is 73.8 Å². The molecule has 0 aliphatic heterocycles. The number of nitro groups is 1. The van der Waals surface area contributed by atoms with Gasteiger partial charge in [-0.15, -0.1) is 0 Å². The fourth-order valence-corrected chi connectivity index (χ4v) is 3.30. The summed E-state index contributed by atoms with van der Waals surface area (Å²) in [5.41, 5.74) is 2.06. The average Bonchev–Trinajstić information content (AvgIpc) is 2.76. The summed E-state index contributed by atoms with van der Waals surface area (Å²) < 4.78 is 14.7. The van der Waals surface area contributed by atoms with Crippen LogP contribution in [0.2, 0.25) is 0 Å². The maximum absolute atomic E-state index is 12.9. The van der Waals surface area contributed by atoms with E-state index in [-0.39, 0.29) is 5.69 Å². The normalized spacial score (nSPS) is 10.8. The van der Waals surface area contributed by atoms with Crippen LogP contribution in [0, 0.1) is 16.1 Å². The van der Waals surface area contributed by atoms with Crippen molar-refractivity contribution in [3.05, 3.63) is 52.6 Å². The molecule has 8 heteroatoms. The van der Waals surface area contributed by atoms with Crippen molar-refractivity contribution in [1.82, 2.24) is 12.6 Å². The van der Waals surface area contributed by atoms with Crippen molar-refractivity contribution in [2.24, 2.45) is 0 Å². The summed E-state index contributed by atoms with van der Waals surface area (Å²) in [6, 6.07) is 7.43. The summed E-state index contributed by atoms with van der Waals surface area (Å²) in [5, 5.41) is 15.9. The number of hydrogen-bond donors (Lipinski definition) is 0. The second-order valence-electron chi connectivity index (χ2n) is 4.12. The first-order valence-corrected chi connectivity index (χ1v) is 7.61. The van der Waals surface area contributed by atoms with E-state index in [1.54, 1.807) is 14.6 Å². The molecule has 6 nitrogen and oxygen atoms in total. The van der Waals surface area contributed by atoms with Crippen molar-refractivity contribution in [3.63, 3.8) is 0 Å². The van der Waals surface area contributed by atoms with Crippen LogP contribution in [0.4, 0.5) is 10.1 Å². The van der Waals surface area contributed by atoms with Gasteiger partial charge in [-0.05, 0) is 0 Å². The Hall–Kier alpha value is -1.91. The Bertz CT molecular complexity index is 816. The number of pyridine rings is 1. The Morgan fingerprint density at radius 2 is 2.10 bits per heavy atom. The summed E-state index contributed by atoms with van der Waals surface area (Å²) >= 11 is 0.422. The van der Waals surface area contributed by atoms with E-state index in [2.05, 4.69) is 10.1 Å². The summed E-state index contributed by atoms with van der Waals surface area (Å²) in [6.07, 6.45) is 1.38. The minimum atomic E-state index is -0.573. The molecule has 3 aromatic rings. The van der Waals surface area contributed by atoms with E-state index in [0.29, 0.717) is 42.7 Å². The first-order valence-electron chi connectivity index (χ1n) is 5.60. The first kappa shape index (κ1) is 13.1. The van der Waals surface area contributed by atoms with Crippen LogP contribution >= 0.6 is 0 Å². The Labute approximate surface area is 128 Å². The van der Waals surface area contributed by atoms with Crippen LogP contribution in [-0.4, -0.2) is 43.6 Å². The van der Waals surface area contributed by atoms with Crippen LogP contribution in [0.5, 0.6) is 0 Å². The Kier molecular flexibility index (Phi) is 3.20. The van der Waals surface area contributed by atoms with Crippen LogP contribution in [0.25, 0.3) is 22.2 Å². The minimum absolute atomic E-state index is 0.00632. The van der Waals surface area contributed by atoms with Gasteiger partial charge in [-0.3, -0.25) is 0 Å². The molecule has 0 spiro atoms. The van der Waals surface area contributed by atoms with E-state index in [9.17, 15) is 14.5 Å². The average molecular weight is 462 g/mol. The number of nitro benzene ring substituents is 1. The summed E-state index contributed by atoms with van der Waals surface area (Å²) in [4.78, 5) is 14.0. The molecule has 0 aliphatic carbocycles. The van der Waals surface area contributed by atoms with Crippen molar-refractivity contribution in [2.45, 2.75) is 0 Å². The number of hydrogen-bond acceptors (Lipinski definition) is 4. The van der Waals surface area contributed by atoms with Crippen LogP contribution in [0.15, 0.2) is 36.5 Å². The fraction of sp³-hybridized carbons (Fsp3) is 0. The quantitative estimate of drug-likeness (QED) is 0.254. The fourth-order valence-electron chi connectivity index (χ4n) is 1.97. The molecule has 0 saturated carbocycles. The predicted octanol–water partition coefficient (Wildman–Crippen LogP) is 2.08. The molecule has 2 heterocycles. The molecule has 0 fully saturated rings. The molecule has 0 aliphatic rings. The molecular weight excluding hydrogens is 456 g/mol. The third-order valence-electron chi connectivity index (χ3n) is 2.90. The number of fused-ring (bicyclic) bond motifs is 1. The monoisotopic (exact) mass is 462 g/mol. The molecule has 0 amide bonds. The van der Waals surface area contributed by atoms with Gasteiger partial charge < -0.3 is 0 Å². The van der Waals surface area contributed by atoms with Crippen molar-refractivity contribution in [3.8, 4) is 11.3 Å². The number of rotatable bonds is 2. The Balaban J connectivity index is 2.27. The first-order chi connectivity index (χ1) is 9.56. The van der Waals surface area contributed by atoms with Crippen molar-refractivity contribution in [1.29, 1.82) is 0 Å². The molecule has 0 atom stereocenters. The number of halogens is 1. The van der Waals surface area contributed by atoms with Crippen molar-refractivity contribution < 1.29 is 9.31 Å². The molecular formula is C12H6FN4O2Tl. The third-order valence-corrected chi connectivity index (χ3v) is 4.43. The zero-order valence-corrected chi connectivity index (χ0v) is 14.5. The van der Waals surface area contributed by atoms with Gasteiger partial charge in [0, 0.05) is 0 Å². The Morgan fingerprint density at radius 1 is 1.30 bits per heavy atom. The second kappa shape index (κ2) is 4.89. The van der Waals surface area contributed by atoms with Gasteiger partial charge in [0.05, 0.1) is 0 Å².